The zero-order chi connectivity index (χ0) is 20.3. The van der Waals surface area contributed by atoms with Gasteiger partial charge in [0.2, 0.25) is 5.91 Å². The van der Waals surface area contributed by atoms with Gasteiger partial charge in [0.15, 0.2) is 5.82 Å². The molecule has 1 aliphatic heterocycles. The Morgan fingerprint density at radius 1 is 0.933 bits per heavy atom. The van der Waals surface area contributed by atoms with Gasteiger partial charge in [-0.1, -0.05) is 48.5 Å². The Kier molecular flexibility index (Phi) is 4.65. The van der Waals surface area contributed by atoms with Crippen molar-refractivity contribution in [3.05, 3.63) is 79.6 Å². The molecule has 0 radical (unpaired) electrons. The van der Waals surface area contributed by atoms with Gasteiger partial charge < -0.3 is 10.2 Å². The van der Waals surface area contributed by atoms with Gasteiger partial charge in [-0.2, -0.15) is 5.10 Å². The first-order valence-corrected chi connectivity index (χ1v) is 9.65. The number of nitrogens with zero attached hydrogens (tertiary/aromatic N) is 6. The van der Waals surface area contributed by atoms with Gasteiger partial charge in [-0.15, -0.1) is 0 Å². The molecule has 0 unspecified atom stereocenters. The molecule has 0 bridgehead atoms. The molecule has 8 nitrogen and oxygen atoms in total. The fourth-order valence-corrected chi connectivity index (χ4v) is 3.49. The number of nitrogens with one attached hydrogen (secondary N) is 1. The molecule has 2 aromatic carbocycles. The smallest absolute Gasteiger partial charge is 0.231 e. The van der Waals surface area contributed by atoms with Crippen molar-refractivity contribution in [1.82, 2.24) is 24.7 Å². The Labute approximate surface area is 173 Å². The van der Waals surface area contributed by atoms with Crippen molar-refractivity contribution in [3.8, 4) is 16.9 Å². The molecule has 0 atom stereocenters. The van der Waals surface area contributed by atoms with E-state index >= 15 is 0 Å². The molecule has 148 valence electrons. The van der Waals surface area contributed by atoms with Crippen molar-refractivity contribution in [3.63, 3.8) is 0 Å². The van der Waals surface area contributed by atoms with Crippen LogP contribution in [0.25, 0.3) is 16.9 Å². The number of amides is 1. The summed E-state index contributed by atoms with van der Waals surface area (Å²) in [6.45, 7) is 1.21. The molecular weight excluding hydrogens is 378 g/mol. The highest BCUT2D eigenvalue weighted by atomic mass is 16.2. The molecule has 2 aromatic heterocycles. The fraction of sp³-hybridized carbons (Fsp3) is 0.136. The predicted octanol–water partition coefficient (Wildman–Crippen LogP) is 2.80. The normalized spacial score (nSPS) is 13.7. The summed E-state index contributed by atoms with van der Waals surface area (Å²) in [5, 5.41) is 7.18. The van der Waals surface area contributed by atoms with Gasteiger partial charge >= 0.3 is 0 Å². The van der Waals surface area contributed by atoms with Crippen molar-refractivity contribution in [2.75, 3.05) is 23.3 Å². The van der Waals surface area contributed by atoms with Crippen LogP contribution in [0.5, 0.6) is 0 Å². The fourth-order valence-electron chi connectivity index (χ4n) is 3.49. The number of anilines is 2. The number of benzene rings is 2. The summed E-state index contributed by atoms with van der Waals surface area (Å²) in [5.74, 6) is 1.32. The van der Waals surface area contributed by atoms with Crippen molar-refractivity contribution in [1.29, 1.82) is 0 Å². The standard InChI is InChI=1S/C22H19N7O/c30-22(27-19-9-5-4-8-18(19)16-6-2-1-3-7-16)17-11-28(12-17)20-10-21(25-14-24-20)29-15-23-13-26-29/h1-10,13-15,17H,11-12H2,(H,27,30). The molecule has 1 fully saturated rings. The van der Waals surface area contributed by atoms with Crippen LogP contribution in [0.2, 0.25) is 0 Å². The van der Waals surface area contributed by atoms with Gasteiger partial charge in [0, 0.05) is 30.4 Å². The highest BCUT2D eigenvalue weighted by molar-refractivity contribution is 5.98. The third-order valence-corrected chi connectivity index (χ3v) is 5.14. The highest BCUT2D eigenvalue weighted by Gasteiger charge is 2.34. The van der Waals surface area contributed by atoms with E-state index in [1.54, 1.807) is 11.0 Å². The Hall–Kier alpha value is -4.07. The summed E-state index contributed by atoms with van der Waals surface area (Å²) in [6, 6.07) is 19.8. The topological polar surface area (TPSA) is 88.8 Å². The molecular formula is C22H19N7O. The third-order valence-electron chi connectivity index (χ3n) is 5.14. The maximum Gasteiger partial charge on any atom is 0.231 e. The van der Waals surface area contributed by atoms with Crippen molar-refractivity contribution >= 4 is 17.4 Å². The van der Waals surface area contributed by atoms with Gasteiger partial charge in [0.05, 0.1) is 5.92 Å². The number of hydrogen-bond acceptors (Lipinski definition) is 6. The van der Waals surface area contributed by atoms with Crippen molar-refractivity contribution in [2.45, 2.75) is 0 Å². The second kappa shape index (κ2) is 7.75. The number of carbonyl (C=O) groups is 1. The van der Waals surface area contributed by atoms with Gasteiger partial charge in [-0.05, 0) is 11.6 Å². The van der Waals surface area contributed by atoms with Crippen LogP contribution in [-0.2, 0) is 4.79 Å². The van der Waals surface area contributed by atoms with Crippen LogP contribution in [-0.4, -0.2) is 43.7 Å². The first-order valence-electron chi connectivity index (χ1n) is 9.65. The SMILES string of the molecule is O=C(Nc1ccccc1-c1ccccc1)C1CN(c2cc(-n3cncn3)ncn2)C1. The van der Waals surface area contributed by atoms with Crippen molar-refractivity contribution < 1.29 is 4.79 Å². The second-order valence-electron chi connectivity index (χ2n) is 7.08. The maximum absolute atomic E-state index is 12.8. The molecule has 5 rings (SSSR count). The monoisotopic (exact) mass is 397 g/mol. The van der Waals surface area contributed by atoms with Gasteiger partial charge in [0.25, 0.3) is 0 Å². The molecule has 1 N–H and O–H groups in total. The number of para-hydroxylation sites is 1. The lowest BCUT2D eigenvalue weighted by atomic mass is 9.98. The first kappa shape index (κ1) is 18.0. The van der Waals surface area contributed by atoms with Crippen LogP contribution in [0, 0.1) is 5.92 Å². The Morgan fingerprint density at radius 2 is 1.70 bits per heavy atom. The Bertz CT molecular complexity index is 1160. The number of hydrogen-bond donors (Lipinski definition) is 1. The van der Waals surface area contributed by atoms with E-state index in [0.29, 0.717) is 18.9 Å². The quantitative estimate of drug-likeness (QED) is 0.557. The summed E-state index contributed by atoms with van der Waals surface area (Å²) in [6.07, 6.45) is 4.54. The van der Waals surface area contributed by atoms with Crippen LogP contribution >= 0.6 is 0 Å². The molecule has 3 heterocycles. The lowest BCUT2D eigenvalue weighted by molar-refractivity contribution is -0.120. The molecule has 30 heavy (non-hydrogen) atoms. The Balaban J connectivity index is 1.26. The minimum atomic E-state index is -0.0985. The minimum absolute atomic E-state index is 0.0141. The largest absolute Gasteiger partial charge is 0.355 e. The summed E-state index contributed by atoms with van der Waals surface area (Å²) in [5.41, 5.74) is 2.91. The number of rotatable bonds is 5. The molecule has 8 heteroatoms. The van der Waals surface area contributed by atoms with E-state index in [2.05, 4.69) is 30.3 Å². The molecule has 1 amide bonds. The summed E-state index contributed by atoms with van der Waals surface area (Å²) < 4.78 is 1.58. The zero-order valence-electron chi connectivity index (χ0n) is 16.1. The Morgan fingerprint density at radius 3 is 2.50 bits per heavy atom. The average Bonchev–Trinajstić information content (AvgIpc) is 3.29. The maximum atomic E-state index is 12.8. The molecule has 4 aromatic rings. The highest BCUT2D eigenvalue weighted by Crippen LogP contribution is 2.29. The number of carbonyl (C=O) groups excluding carboxylic acids is 1. The summed E-state index contributed by atoms with van der Waals surface area (Å²) in [4.78, 5) is 27.3. The predicted molar refractivity (Wildman–Crippen MR) is 113 cm³/mol. The van der Waals surface area contributed by atoms with E-state index in [1.165, 1.54) is 12.7 Å². The molecule has 0 aliphatic carbocycles. The van der Waals surface area contributed by atoms with E-state index in [-0.39, 0.29) is 11.8 Å². The van der Waals surface area contributed by atoms with Crippen LogP contribution in [0.4, 0.5) is 11.5 Å². The number of aromatic nitrogens is 5. The van der Waals surface area contributed by atoms with Crippen LogP contribution < -0.4 is 10.2 Å². The van der Waals surface area contributed by atoms with Gasteiger partial charge in [0.1, 0.15) is 24.8 Å². The third kappa shape index (κ3) is 3.50. The average molecular weight is 397 g/mol. The van der Waals surface area contributed by atoms with E-state index < -0.39 is 0 Å². The van der Waals surface area contributed by atoms with Gasteiger partial charge in [-0.25, -0.2) is 19.6 Å². The van der Waals surface area contributed by atoms with E-state index in [9.17, 15) is 4.79 Å². The molecule has 0 saturated carbocycles. The van der Waals surface area contributed by atoms with Crippen LogP contribution in [0.15, 0.2) is 79.6 Å². The van der Waals surface area contributed by atoms with E-state index in [1.807, 2.05) is 60.7 Å². The summed E-state index contributed by atoms with van der Waals surface area (Å²) in [7, 11) is 0. The summed E-state index contributed by atoms with van der Waals surface area (Å²) >= 11 is 0. The van der Waals surface area contributed by atoms with Crippen LogP contribution in [0.1, 0.15) is 0 Å². The van der Waals surface area contributed by atoms with Crippen LogP contribution in [0.3, 0.4) is 0 Å². The molecule has 0 spiro atoms. The second-order valence-corrected chi connectivity index (χ2v) is 7.08. The van der Waals surface area contributed by atoms with Crippen molar-refractivity contribution in [2.24, 2.45) is 5.92 Å². The van der Waals surface area contributed by atoms with E-state index in [4.69, 9.17) is 0 Å². The first-order chi connectivity index (χ1) is 14.8. The van der Waals surface area contributed by atoms with E-state index in [0.717, 1.165) is 22.6 Å². The molecule has 1 saturated heterocycles. The lowest BCUT2D eigenvalue weighted by Crippen LogP contribution is -2.52. The molecule has 1 aliphatic rings. The zero-order valence-corrected chi connectivity index (χ0v) is 16.1. The lowest BCUT2D eigenvalue weighted by Gasteiger charge is -2.39. The van der Waals surface area contributed by atoms with Gasteiger partial charge in [-0.3, -0.25) is 4.79 Å². The minimum Gasteiger partial charge on any atom is -0.355 e.